The van der Waals surface area contributed by atoms with E-state index in [4.69, 9.17) is 21.1 Å². The summed E-state index contributed by atoms with van der Waals surface area (Å²) in [7, 11) is 0. The van der Waals surface area contributed by atoms with Gasteiger partial charge in [0, 0.05) is 12.6 Å². The number of halogens is 1. The van der Waals surface area contributed by atoms with Crippen molar-refractivity contribution in [2.24, 2.45) is 0 Å². The Hall–Kier alpha value is -1.56. The van der Waals surface area contributed by atoms with Gasteiger partial charge in [0.15, 0.2) is 0 Å². The first-order valence-electron chi connectivity index (χ1n) is 7.45. The first-order chi connectivity index (χ1) is 10.3. The Bertz CT molecular complexity index is 519. The summed E-state index contributed by atoms with van der Waals surface area (Å²) >= 11 is 5.80. The second kappa shape index (κ2) is 7.13. The standard InChI is InChI=1S/C15H22ClN3O3/c1-15(2,3)22-14(20)19-7-5-4-6-11(19)9-21-13-8-12(16)17-10-18-13/h8,10-11H,4-7,9H2,1-3H3. The minimum atomic E-state index is -0.500. The Balaban J connectivity index is 1.96. The zero-order valence-corrected chi connectivity index (χ0v) is 14.0. The number of amides is 1. The predicted molar refractivity (Wildman–Crippen MR) is 83.1 cm³/mol. The molecule has 0 aliphatic carbocycles. The Morgan fingerprint density at radius 1 is 1.41 bits per heavy atom. The van der Waals surface area contributed by atoms with Crippen LogP contribution in [0.3, 0.4) is 0 Å². The lowest BCUT2D eigenvalue weighted by molar-refractivity contribution is 0.00334. The summed E-state index contributed by atoms with van der Waals surface area (Å²) in [5.41, 5.74) is -0.500. The van der Waals surface area contributed by atoms with E-state index in [2.05, 4.69) is 9.97 Å². The van der Waals surface area contributed by atoms with Crippen LogP contribution < -0.4 is 4.74 Å². The summed E-state index contributed by atoms with van der Waals surface area (Å²) in [6.07, 6.45) is 4.00. The molecule has 1 aromatic rings. The molecule has 7 heteroatoms. The molecule has 0 saturated carbocycles. The number of hydrogen-bond donors (Lipinski definition) is 0. The third kappa shape index (κ3) is 5.02. The monoisotopic (exact) mass is 327 g/mol. The highest BCUT2D eigenvalue weighted by Crippen LogP contribution is 2.21. The number of likely N-dealkylation sites (tertiary alicyclic amines) is 1. The molecule has 6 nitrogen and oxygen atoms in total. The molecule has 1 saturated heterocycles. The van der Waals surface area contributed by atoms with Gasteiger partial charge in [0.25, 0.3) is 0 Å². The van der Waals surface area contributed by atoms with Crippen LogP contribution >= 0.6 is 11.6 Å². The van der Waals surface area contributed by atoms with Crippen molar-refractivity contribution in [1.82, 2.24) is 14.9 Å². The largest absolute Gasteiger partial charge is 0.475 e. The summed E-state index contributed by atoms with van der Waals surface area (Å²) in [4.78, 5) is 21.8. The van der Waals surface area contributed by atoms with Gasteiger partial charge in [-0.1, -0.05) is 11.6 Å². The molecule has 0 aromatic carbocycles. The molecule has 1 fully saturated rings. The van der Waals surface area contributed by atoms with Crippen LogP contribution in [-0.4, -0.2) is 45.8 Å². The van der Waals surface area contributed by atoms with Crippen molar-refractivity contribution >= 4 is 17.7 Å². The van der Waals surface area contributed by atoms with Crippen LogP contribution in [0, 0.1) is 0 Å². The van der Waals surface area contributed by atoms with Gasteiger partial charge in [0.2, 0.25) is 5.88 Å². The van der Waals surface area contributed by atoms with Gasteiger partial charge in [-0.05, 0) is 40.0 Å². The molecule has 1 unspecified atom stereocenters. The normalized spacial score (nSPS) is 18.9. The highest BCUT2D eigenvalue weighted by atomic mass is 35.5. The first kappa shape index (κ1) is 16.8. The quantitative estimate of drug-likeness (QED) is 0.797. The van der Waals surface area contributed by atoms with Crippen molar-refractivity contribution in [1.29, 1.82) is 0 Å². The smallest absolute Gasteiger partial charge is 0.410 e. The van der Waals surface area contributed by atoms with Crippen molar-refractivity contribution < 1.29 is 14.3 Å². The Morgan fingerprint density at radius 2 is 2.18 bits per heavy atom. The van der Waals surface area contributed by atoms with E-state index in [9.17, 15) is 4.79 Å². The van der Waals surface area contributed by atoms with Crippen molar-refractivity contribution in [3.05, 3.63) is 17.5 Å². The Kier molecular flexibility index (Phi) is 5.45. The fraction of sp³-hybridized carbons (Fsp3) is 0.667. The van der Waals surface area contributed by atoms with Gasteiger partial charge in [-0.3, -0.25) is 0 Å². The summed E-state index contributed by atoms with van der Waals surface area (Å²) in [6, 6.07) is 1.54. The third-order valence-corrected chi connectivity index (χ3v) is 3.49. The fourth-order valence-electron chi connectivity index (χ4n) is 2.31. The topological polar surface area (TPSA) is 64.5 Å². The second-order valence-corrected chi connectivity index (χ2v) is 6.70. The average Bonchev–Trinajstić information content (AvgIpc) is 2.44. The van der Waals surface area contributed by atoms with Crippen LogP contribution in [-0.2, 0) is 4.74 Å². The molecule has 1 aromatic heterocycles. The van der Waals surface area contributed by atoms with Crippen LogP contribution in [0.4, 0.5) is 4.79 Å². The van der Waals surface area contributed by atoms with Crippen LogP contribution in [0.2, 0.25) is 5.15 Å². The molecule has 1 aliphatic heterocycles. The fourth-order valence-corrected chi connectivity index (χ4v) is 2.45. The predicted octanol–water partition coefficient (Wildman–Crippen LogP) is 3.30. The minimum absolute atomic E-state index is 0.0164. The number of piperidine rings is 1. The number of carbonyl (C=O) groups is 1. The molecule has 122 valence electrons. The molecule has 2 heterocycles. The van der Waals surface area contributed by atoms with Gasteiger partial charge in [-0.25, -0.2) is 14.8 Å². The summed E-state index contributed by atoms with van der Waals surface area (Å²) in [5.74, 6) is 0.412. The Morgan fingerprint density at radius 3 is 2.86 bits per heavy atom. The number of hydrogen-bond acceptors (Lipinski definition) is 5. The molecule has 1 atom stereocenters. The minimum Gasteiger partial charge on any atom is -0.475 e. The molecular weight excluding hydrogens is 306 g/mol. The third-order valence-electron chi connectivity index (χ3n) is 3.29. The highest BCUT2D eigenvalue weighted by Gasteiger charge is 2.30. The number of nitrogens with zero attached hydrogens (tertiary/aromatic N) is 3. The van der Waals surface area contributed by atoms with E-state index in [0.29, 0.717) is 24.2 Å². The average molecular weight is 328 g/mol. The summed E-state index contributed by atoms with van der Waals surface area (Å²) in [5, 5.41) is 0.331. The SMILES string of the molecule is CC(C)(C)OC(=O)N1CCCCC1COc1cc(Cl)ncn1. The van der Waals surface area contributed by atoms with E-state index < -0.39 is 5.60 Å². The van der Waals surface area contributed by atoms with Crippen molar-refractivity contribution in [2.75, 3.05) is 13.2 Å². The van der Waals surface area contributed by atoms with E-state index in [1.165, 1.54) is 6.33 Å². The maximum absolute atomic E-state index is 12.3. The zero-order chi connectivity index (χ0) is 16.2. The highest BCUT2D eigenvalue weighted by molar-refractivity contribution is 6.29. The van der Waals surface area contributed by atoms with Gasteiger partial charge < -0.3 is 14.4 Å². The Labute approximate surface area is 135 Å². The van der Waals surface area contributed by atoms with Crippen LogP contribution in [0.15, 0.2) is 12.4 Å². The lowest BCUT2D eigenvalue weighted by atomic mass is 10.0. The first-order valence-corrected chi connectivity index (χ1v) is 7.83. The lowest BCUT2D eigenvalue weighted by Gasteiger charge is -2.36. The number of carbonyl (C=O) groups excluding carboxylic acids is 1. The molecule has 0 bridgehead atoms. The summed E-state index contributed by atoms with van der Waals surface area (Å²) < 4.78 is 11.1. The maximum atomic E-state index is 12.3. The van der Waals surface area contributed by atoms with Gasteiger partial charge in [-0.2, -0.15) is 0 Å². The number of aromatic nitrogens is 2. The van der Waals surface area contributed by atoms with E-state index in [-0.39, 0.29) is 12.1 Å². The molecule has 2 rings (SSSR count). The summed E-state index contributed by atoms with van der Waals surface area (Å²) in [6.45, 7) is 6.65. The van der Waals surface area contributed by atoms with Gasteiger partial charge in [0.05, 0.1) is 6.04 Å². The molecule has 1 amide bonds. The molecule has 22 heavy (non-hydrogen) atoms. The maximum Gasteiger partial charge on any atom is 0.410 e. The van der Waals surface area contributed by atoms with Crippen molar-refractivity contribution in [3.8, 4) is 5.88 Å². The zero-order valence-electron chi connectivity index (χ0n) is 13.2. The molecule has 0 spiro atoms. The second-order valence-electron chi connectivity index (χ2n) is 6.31. The number of rotatable bonds is 3. The van der Waals surface area contributed by atoms with Crippen molar-refractivity contribution in [2.45, 2.75) is 51.7 Å². The van der Waals surface area contributed by atoms with E-state index in [0.717, 1.165) is 19.3 Å². The molecular formula is C15H22ClN3O3. The molecule has 0 N–H and O–H groups in total. The van der Waals surface area contributed by atoms with Gasteiger partial charge in [-0.15, -0.1) is 0 Å². The number of ether oxygens (including phenoxy) is 2. The molecule has 1 aliphatic rings. The van der Waals surface area contributed by atoms with Crippen LogP contribution in [0.5, 0.6) is 5.88 Å². The van der Waals surface area contributed by atoms with E-state index in [1.54, 1.807) is 11.0 Å². The van der Waals surface area contributed by atoms with Crippen molar-refractivity contribution in [3.63, 3.8) is 0 Å². The lowest BCUT2D eigenvalue weighted by Crippen LogP contribution is -2.48. The van der Waals surface area contributed by atoms with Gasteiger partial charge in [0.1, 0.15) is 23.7 Å². The van der Waals surface area contributed by atoms with Crippen LogP contribution in [0.1, 0.15) is 40.0 Å². The van der Waals surface area contributed by atoms with E-state index in [1.807, 2.05) is 20.8 Å². The van der Waals surface area contributed by atoms with E-state index >= 15 is 0 Å². The molecule has 0 radical (unpaired) electrons. The van der Waals surface area contributed by atoms with Gasteiger partial charge >= 0.3 is 6.09 Å². The van der Waals surface area contributed by atoms with Crippen LogP contribution in [0.25, 0.3) is 0 Å².